The van der Waals surface area contributed by atoms with Gasteiger partial charge in [-0.2, -0.15) is 0 Å². The highest BCUT2D eigenvalue weighted by atomic mass is 35.5. The van der Waals surface area contributed by atoms with Gasteiger partial charge >= 0.3 is 11.8 Å². The van der Waals surface area contributed by atoms with Crippen molar-refractivity contribution in [1.29, 1.82) is 0 Å². The Hall–Kier alpha value is -0.500. The van der Waals surface area contributed by atoms with Gasteiger partial charge in [0.05, 0.1) is 10.3 Å². The lowest BCUT2D eigenvalue weighted by molar-refractivity contribution is -0.724. The van der Waals surface area contributed by atoms with Crippen molar-refractivity contribution in [1.82, 2.24) is 0 Å². The molecule has 0 aliphatic rings. The van der Waals surface area contributed by atoms with E-state index in [1.54, 1.807) is 12.3 Å². The molecule has 0 aromatic carbocycles. The highest BCUT2D eigenvalue weighted by molar-refractivity contribution is 6.03. The molecule has 0 amide bonds. The van der Waals surface area contributed by atoms with Crippen LogP contribution < -0.4 is 4.26 Å². The Morgan fingerprint density at radius 3 is 2.67 bits per heavy atom. The summed E-state index contributed by atoms with van der Waals surface area (Å²) in [5.74, 6) is 0. The van der Waals surface area contributed by atoms with Crippen LogP contribution in [0.4, 0.5) is 0 Å². The quantitative estimate of drug-likeness (QED) is 0.470. The fourth-order valence-corrected chi connectivity index (χ4v) is 0.342. The third-order valence-corrected chi connectivity index (χ3v) is 0.636. The zero-order valence-electron chi connectivity index (χ0n) is 2.97. The molecule has 0 N–H and O–H groups in total. The molecule has 1 aromatic heterocycles. The first-order valence-corrected chi connectivity index (χ1v) is 1.85. The standard InChI is InChI=1S/C3H3ClNO/c4-5-2-1-3-6-5/h1-3H/q+1. The molecule has 32 valence electrons. The molecule has 0 aliphatic heterocycles. The Labute approximate surface area is 40.0 Å². The summed E-state index contributed by atoms with van der Waals surface area (Å²) in [5.41, 5.74) is 0. The zero-order valence-corrected chi connectivity index (χ0v) is 3.72. The van der Waals surface area contributed by atoms with Crippen LogP contribution in [0.15, 0.2) is 23.0 Å². The van der Waals surface area contributed by atoms with E-state index >= 15 is 0 Å². The molecular weight excluding hydrogens is 101 g/mol. The Balaban J connectivity index is 3.05. The summed E-state index contributed by atoms with van der Waals surface area (Å²) >= 11 is 5.21. The Morgan fingerprint density at radius 1 is 1.67 bits per heavy atom. The fourth-order valence-electron chi connectivity index (χ4n) is 0.231. The SMILES string of the molecule is Cl[n+]1ccco1. The van der Waals surface area contributed by atoms with Gasteiger partial charge in [0.2, 0.25) is 6.20 Å². The summed E-state index contributed by atoms with van der Waals surface area (Å²) in [4.78, 5) is 0. The van der Waals surface area contributed by atoms with Gasteiger partial charge < -0.3 is 0 Å². The summed E-state index contributed by atoms with van der Waals surface area (Å²) in [5, 5.41) is 0. The monoisotopic (exact) mass is 104 g/mol. The van der Waals surface area contributed by atoms with Crippen molar-refractivity contribution in [2.24, 2.45) is 0 Å². The molecule has 0 bridgehead atoms. The number of hydrogen-bond donors (Lipinski definition) is 0. The highest BCUT2D eigenvalue weighted by Gasteiger charge is 1.89. The second kappa shape index (κ2) is 1.30. The zero-order chi connectivity index (χ0) is 4.41. The van der Waals surface area contributed by atoms with E-state index < -0.39 is 0 Å². The first-order valence-electron chi connectivity index (χ1n) is 1.51. The van der Waals surface area contributed by atoms with Crippen LogP contribution in [-0.4, -0.2) is 0 Å². The molecule has 0 radical (unpaired) electrons. The van der Waals surface area contributed by atoms with Gasteiger partial charge in [-0.3, -0.25) is 0 Å². The van der Waals surface area contributed by atoms with Crippen LogP contribution in [-0.2, 0) is 0 Å². The molecule has 3 heteroatoms. The fraction of sp³-hybridized carbons (Fsp3) is 0. The lowest BCUT2D eigenvalue weighted by Crippen LogP contribution is -2.12. The van der Waals surface area contributed by atoms with E-state index in [-0.39, 0.29) is 0 Å². The van der Waals surface area contributed by atoms with Crippen molar-refractivity contribution in [2.45, 2.75) is 0 Å². The molecule has 6 heavy (non-hydrogen) atoms. The van der Waals surface area contributed by atoms with E-state index in [4.69, 9.17) is 11.8 Å². The summed E-state index contributed by atoms with van der Waals surface area (Å²) in [6, 6.07) is 1.70. The summed E-state index contributed by atoms with van der Waals surface area (Å²) in [7, 11) is 0. The van der Waals surface area contributed by atoms with Crippen molar-refractivity contribution >= 4 is 11.8 Å². The van der Waals surface area contributed by atoms with Gasteiger partial charge in [0.15, 0.2) is 6.26 Å². The predicted octanol–water partition coefficient (Wildman–Crippen LogP) is 0.569. The molecule has 1 heterocycles. The molecule has 2 nitrogen and oxygen atoms in total. The minimum Gasteiger partial charge on any atom is -0.223 e. The lowest BCUT2D eigenvalue weighted by Gasteiger charge is -1.54. The summed E-state index contributed by atoms with van der Waals surface area (Å²) < 4.78 is 5.61. The van der Waals surface area contributed by atoms with Gasteiger partial charge in [0.1, 0.15) is 0 Å². The second-order valence-corrected chi connectivity index (χ2v) is 1.19. The molecule has 0 fully saturated rings. The molecule has 1 aromatic rings. The molecule has 1 rings (SSSR count). The van der Waals surface area contributed by atoms with Gasteiger partial charge in [-0.25, -0.2) is 4.52 Å². The predicted molar refractivity (Wildman–Crippen MR) is 20.2 cm³/mol. The second-order valence-electron chi connectivity index (χ2n) is 0.855. The van der Waals surface area contributed by atoms with Gasteiger partial charge in [-0.05, 0) is 0 Å². The lowest BCUT2D eigenvalue weighted by atomic mass is 10.8. The minimum absolute atomic E-state index is 1.10. The maximum Gasteiger partial charge on any atom is 0.319 e. The molecule has 0 unspecified atom stereocenters. The number of hydrogen-bond acceptors (Lipinski definition) is 1. The van der Waals surface area contributed by atoms with Crippen LogP contribution in [0.3, 0.4) is 0 Å². The topological polar surface area (TPSA) is 17.0 Å². The highest BCUT2D eigenvalue weighted by Crippen LogP contribution is 1.74. The summed E-state index contributed by atoms with van der Waals surface area (Å²) in [6.07, 6.45) is 3.09. The smallest absolute Gasteiger partial charge is 0.223 e. The first-order chi connectivity index (χ1) is 2.89. The van der Waals surface area contributed by atoms with Gasteiger partial charge in [-0.15, -0.1) is 0 Å². The number of rotatable bonds is 0. The van der Waals surface area contributed by atoms with Crippen molar-refractivity contribution in [3.8, 4) is 0 Å². The summed E-state index contributed by atoms with van der Waals surface area (Å²) in [6.45, 7) is 0. The van der Waals surface area contributed by atoms with Crippen molar-refractivity contribution < 1.29 is 8.78 Å². The Bertz CT molecular complexity index is 114. The van der Waals surface area contributed by atoms with Gasteiger partial charge in [0.25, 0.3) is 0 Å². The molecule has 0 atom stereocenters. The van der Waals surface area contributed by atoms with E-state index in [0.29, 0.717) is 0 Å². The van der Waals surface area contributed by atoms with E-state index in [1.165, 1.54) is 6.26 Å². The molecular formula is C3H3ClNO+. The van der Waals surface area contributed by atoms with E-state index in [1.807, 2.05) is 0 Å². The van der Waals surface area contributed by atoms with Crippen molar-refractivity contribution in [2.75, 3.05) is 0 Å². The molecule has 0 aliphatic carbocycles. The number of nitrogens with zero attached hydrogens (tertiary/aromatic N) is 1. The van der Waals surface area contributed by atoms with Crippen LogP contribution in [0.1, 0.15) is 0 Å². The number of halogens is 1. The molecule has 0 spiro atoms. The Morgan fingerprint density at radius 2 is 2.50 bits per heavy atom. The minimum atomic E-state index is 1.10. The van der Waals surface area contributed by atoms with Crippen LogP contribution >= 0.6 is 11.8 Å². The van der Waals surface area contributed by atoms with Crippen LogP contribution in [0.25, 0.3) is 0 Å². The van der Waals surface area contributed by atoms with Crippen LogP contribution in [0, 0.1) is 0 Å². The van der Waals surface area contributed by atoms with Crippen LogP contribution in [0.2, 0.25) is 0 Å². The molecule has 0 saturated heterocycles. The maximum absolute atomic E-state index is 5.21. The van der Waals surface area contributed by atoms with E-state index in [9.17, 15) is 0 Å². The first kappa shape index (κ1) is 3.68. The average molecular weight is 105 g/mol. The third kappa shape index (κ3) is 0.518. The van der Waals surface area contributed by atoms with Crippen molar-refractivity contribution in [3.05, 3.63) is 18.5 Å². The van der Waals surface area contributed by atoms with E-state index in [2.05, 4.69) is 4.52 Å². The van der Waals surface area contributed by atoms with Gasteiger partial charge in [-0.1, -0.05) is 0 Å². The largest absolute Gasteiger partial charge is 0.319 e. The van der Waals surface area contributed by atoms with Gasteiger partial charge in [0, 0.05) is 0 Å². The average Bonchev–Trinajstić information content (AvgIpc) is 1.86. The number of aromatic nitrogens is 1. The maximum atomic E-state index is 5.21. The van der Waals surface area contributed by atoms with Crippen molar-refractivity contribution in [3.63, 3.8) is 0 Å². The Kier molecular flexibility index (Phi) is 0.801. The normalized spacial score (nSPS) is 8.83. The van der Waals surface area contributed by atoms with Crippen LogP contribution in [0.5, 0.6) is 0 Å². The third-order valence-electron chi connectivity index (χ3n) is 0.443. The van der Waals surface area contributed by atoms with E-state index in [0.717, 1.165) is 4.26 Å². The molecule has 0 saturated carbocycles.